The largest absolute Gasteiger partial charge is 0.390 e. The van der Waals surface area contributed by atoms with E-state index in [1.165, 1.54) is 0 Å². The van der Waals surface area contributed by atoms with Gasteiger partial charge in [0.05, 0.1) is 24.5 Å². The zero-order chi connectivity index (χ0) is 13.9. The van der Waals surface area contributed by atoms with Crippen molar-refractivity contribution in [2.24, 2.45) is 0 Å². The summed E-state index contributed by atoms with van der Waals surface area (Å²) in [4.78, 5) is 9.31. The Hall–Kier alpha value is -0.690. The summed E-state index contributed by atoms with van der Waals surface area (Å²) >= 11 is 1.71. The number of aromatic amines is 1. The molecule has 1 aliphatic heterocycles. The predicted octanol–water partition coefficient (Wildman–Crippen LogP) is 3.01. The maximum atomic E-state index is 12.4. The smallest absolute Gasteiger partial charge is 0.348 e. The van der Waals surface area contributed by atoms with Gasteiger partial charge in [0.2, 0.25) is 0 Å². The number of fused-ring (bicyclic) bond motifs is 1. The number of H-pyrrole nitrogens is 1. The lowest BCUT2D eigenvalue weighted by molar-refractivity contribution is -0.139. The van der Waals surface area contributed by atoms with E-state index in [1.54, 1.807) is 18.1 Å². The molecular formula is C12H18F3N3S. The van der Waals surface area contributed by atoms with Crippen molar-refractivity contribution in [3.8, 4) is 0 Å². The first-order valence-corrected chi connectivity index (χ1v) is 7.72. The van der Waals surface area contributed by atoms with Crippen LogP contribution >= 0.6 is 11.8 Å². The molecule has 0 aromatic carbocycles. The second kappa shape index (κ2) is 6.17. The quantitative estimate of drug-likeness (QED) is 0.905. The van der Waals surface area contributed by atoms with Gasteiger partial charge >= 0.3 is 6.18 Å². The molecular weight excluding hydrogens is 275 g/mol. The van der Waals surface area contributed by atoms with Crippen LogP contribution in [0.5, 0.6) is 0 Å². The van der Waals surface area contributed by atoms with Crippen LogP contribution in [-0.2, 0) is 6.42 Å². The molecule has 0 bridgehead atoms. The second-order valence-electron chi connectivity index (χ2n) is 4.71. The molecule has 2 rings (SSSR count). The number of aromatic nitrogens is 2. The standard InChI is InChI=1S/C12H18F3N3S/c1-19-7-3-10-11-9(16-8-17-11)2-5-18(10)6-4-12(13,14)15/h8,10H,2-7H2,1H3,(H,16,17). The van der Waals surface area contributed by atoms with E-state index in [2.05, 4.69) is 9.97 Å². The molecule has 3 nitrogen and oxygen atoms in total. The SMILES string of the molecule is CSCCC1c2nc[nH]c2CCN1CCC(F)(F)F. The van der Waals surface area contributed by atoms with Gasteiger partial charge < -0.3 is 4.98 Å². The van der Waals surface area contributed by atoms with E-state index in [4.69, 9.17) is 0 Å². The topological polar surface area (TPSA) is 31.9 Å². The highest BCUT2D eigenvalue weighted by atomic mass is 32.2. The average Bonchev–Trinajstić information content (AvgIpc) is 2.81. The Labute approximate surface area is 115 Å². The molecule has 2 heterocycles. The minimum atomic E-state index is -4.09. The zero-order valence-electron chi connectivity index (χ0n) is 10.8. The molecule has 19 heavy (non-hydrogen) atoms. The summed E-state index contributed by atoms with van der Waals surface area (Å²) < 4.78 is 37.1. The fraction of sp³-hybridized carbons (Fsp3) is 0.750. The van der Waals surface area contributed by atoms with E-state index in [-0.39, 0.29) is 12.6 Å². The monoisotopic (exact) mass is 293 g/mol. The van der Waals surface area contributed by atoms with Crippen LogP contribution in [0.25, 0.3) is 0 Å². The maximum Gasteiger partial charge on any atom is 0.390 e. The molecule has 0 radical (unpaired) electrons. The molecule has 1 N–H and O–H groups in total. The number of rotatable bonds is 5. The summed E-state index contributed by atoms with van der Waals surface area (Å²) in [6.07, 6.45) is 0.413. The molecule has 1 aromatic rings. The number of hydrogen-bond acceptors (Lipinski definition) is 3. The van der Waals surface area contributed by atoms with Gasteiger partial charge in [0.1, 0.15) is 0 Å². The van der Waals surface area contributed by atoms with Crippen LogP contribution in [0.3, 0.4) is 0 Å². The van der Waals surface area contributed by atoms with Gasteiger partial charge in [0.15, 0.2) is 0 Å². The Balaban J connectivity index is 2.05. The first kappa shape index (κ1) is 14.7. The summed E-state index contributed by atoms with van der Waals surface area (Å²) in [5, 5.41) is 0. The third kappa shape index (κ3) is 3.89. The normalized spacial score (nSPS) is 20.5. The van der Waals surface area contributed by atoms with Gasteiger partial charge in [-0.15, -0.1) is 0 Å². The molecule has 0 saturated carbocycles. The van der Waals surface area contributed by atoms with Crippen LogP contribution in [0.4, 0.5) is 13.2 Å². The van der Waals surface area contributed by atoms with Crippen molar-refractivity contribution in [2.75, 3.05) is 25.1 Å². The van der Waals surface area contributed by atoms with Gasteiger partial charge in [-0.2, -0.15) is 24.9 Å². The summed E-state index contributed by atoms with van der Waals surface area (Å²) in [7, 11) is 0. The van der Waals surface area contributed by atoms with Gasteiger partial charge in [0, 0.05) is 25.2 Å². The Kier molecular flexibility index (Phi) is 4.78. The highest BCUT2D eigenvalue weighted by Gasteiger charge is 2.33. The van der Waals surface area contributed by atoms with Crippen LogP contribution < -0.4 is 0 Å². The number of nitrogens with one attached hydrogen (secondary N) is 1. The highest BCUT2D eigenvalue weighted by Crippen LogP contribution is 2.32. The molecule has 1 unspecified atom stereocenters. The lowest BCUT2D eigenvalue weighted by Crippen LogP contribution is -2.38. The second-order valence-corrected chi connectivity index (χ2v) is 5.70. The number of imidazole rings is 1. The van der Waals surface area contributed by atoms with Crippen molar-refractivity contribution < 1.29 is 13.2 Å². The first-order chi connectivity index (χ1) is 9.01. The summed E-state index contributed by atoms with van der Waals surface area (Å²) in [5.41, 5.74) is 2.01. The van der Waals surface area contributed by atoms with Gasteiger partial charge in [-0.25, -0.2) is 4.98 Å². The molecule has 1 aromatic heterocycles. The molecule has 7 heteroatoms. The Morgan fingerprint density at radius 1 is 1.53 bits per heavy atom. The Morgan fingerprint density at radius 3 is 3.00 bits per heavy atom. The maximum absolute atomic E-state index is 12.4. The molecule has 0 spiro atoms. The molecule has 0 aliphatic carbocycles. The van der Waals surface area contributed by atoms with Crippen LogP contribution in [-0.4, -0.2) is 46.1 Å². The van der Waals surface area contributed by atoms with Crippen LogP contribution in [0.1, 0.15) is 30.3 Å². The number of halogens is 3. The van der Waals surface area contributed by atoms with Crippen molar-refractivity contribution in [3.63, 3.8) is 0 Å². The van der Waals surface area contributed by atoms with Crippen LogP contribution in [0.15, 0.2) is 6.33 Å². The molecule has 0 saturated heterocycles. The minimum absolute atomic E-state index is 0.0183. The van der Waals surface area contributed by atoms with E-state index in [0.717, 1.165) is 30.0 Å². The average molecular weight is 293 g/mol. The summed E-state index contributed by atoms with van der Waals surface area (Å²) in [6, 6.07) is 0.0183. The third-order valence-electron chi connectivity index (χ3n) is 3.43. The van der Waals surface area contributed by atoms with E-state index < -0.39 is 12.6 Å². The Bertz CT molecular complexity index is 405. The minimum Gasteiger partial charge on any atom is -0.348 e. The van der Waals surface area contributed by atoms with E-state index >= 15 is 0 Å². The van der Waals surface area contributed by atoms with Crippen LogP contribution in [0, 0.1) is 0 Å². The van der Waals surface area contributed by atoms with Crippen LogP contribution in [0.2, 0.25) is 0 Å². The lowest BCUT2D eigenvalue weighted by atomic mass is 10.0. The van der Waals surface area contributed by atoms with Gasteiger partial charge in [-0.3, -0.25) is 4.90 Å². The first-order valence-electron chi connectivity index (χ1n) is 6.33. The number of alkyl halides is 3. The third-order valence-corrected chi connectivity index (χ3v) is 4.08. The van der Waals surface area contributed by atoms with Crippen molar-refractivity contribution >= 4 is 11.8 Å². The van der Waals surface area contributed by atoms with Gasteiger partial charge in [-0.1, -0.05) is 0 Å². The molecule has 1 atom stereocenters. The predicted molar refractivity (Wildman–Crippen MR) is 70.3 cm³/mol. The summed E-state index contributed by atoms with van der Waals surface area (Å²) in [5.74, 6) is 0.930. The Morgan fingerprint density at radius 2 is 2.32 bits per heavy atom. The molecule has 0 fully saturated rings. The van der Waals surface area contributed by atoms with Crippen molar-refractivity contribution in [1.29, 1.82) is 0 Å². The zero-order valence-corrected chi connectivity index (χ0v) is 11.7. The van der Waals surface area contributed by atoms with Gasteiger partial charge in [0.25, 0.3) is 0 Å². The number of nitrogens with zero attached hydrogens (tertiary/aromatic N) is 2. The fourth-order valence-electron chi connectivity index (χ4n) is 2.49. The van der Waals surface area contributed by atoms with E-state index in [1.807, 2.05) is 11.2 Å². The lowest BCUT2D eigenvalue weighted by Gasteiger charge is -2.35. The fourth-order valence-corrected chi connectivity index (χ4v) is 2.95. The van der Waals surface area contributed by atoms with Gasteiger partial charge in [-0.05, 0) is 18.4 Å². The van der Waals surface area contributed by atoms with E-state index in [0.29, 0.717) is 6.54 Å². The molecule has 0 amide bonds. The van der Waals surface area contributed by atoms with Crippen molar-refractivity contribution in [3.05, 3.63) is 17.7 Å². The molecule has 1 aliphatic rings. The summed E-state index contributed by atoms with van der Waals surface area (Å²) in [6.45, 7) is 0.735. The van der Waals surface area contributed by atoms with E-state index in [9.17, 15) is 13.2 Å². The van der Waals surface area contributed by atoms with Crippen molar-refractivity contribution in [2.45, 2.75) is 31.5 Å². The highest BCUT2D eigenvalue weighted by molar-refractivity contribution is 7.98. The molecule has 108 valence electrons. The number of hydrogen-bond donors (Lipinski definition) is 1. The number of thioether (sulfide) groups is 1. The van der Waals surface area contributed by atoms with Crippen molar-refractivity contribution in [1.82, 2.24) is 14.9 Å².